The molecule has 4 nitrogen and oxygen atoms in total. The molecule has 4 aliphatic carbocycles. The first kappa shape index (κ1) is 24.6. The number of carbonyl (C=O) groups excluding carboxylic acids is 1. The molecule has 5 rings (SSSR count). The highest BCUT2D eigenvalue weighted by molar-refractivity contribution is 5.86. The van der Waals surface area contributed by atoms with Crippen molar-refractivity contribution in [2.24, 2.45) is 33.5 Å². The third-order valence-electron chi connectivity index (χ3n) is 11.7. The Morgan fingerprint density at radius 2 is 1.76 bits per heavy atom. The molecule has 0 aromatic carbocycles. The van der Waals surface area contributed by atoms with Crippen molar-refractivity contribution in [2.75, 3.05) is 0 Å². The third kappa shape index (κ3) is 2.65. The minimum atomic E-state index is -1.15. The van der Waals surface area contributed by atoms with Gasteiger partial charge in [0.1, 0.15) is 16.6 Å². The second-order valence-corrected chi connectivity index (χ2v) is 14.0. The molecule has 0 bridgehead atoms. The fraction of sp³-hybridized carbons (Fsp3) is 0.833. The Balaban J connectivity index is 1.57. The lowest BCUT2D eigenvalue weighted by molar-refractivity contribution is -0.158. The van der Waals surface area contributed by atoms with Gasteiger partial charge in [0, 0.05) is 5.41 Å². The lowest BCUT2D eigenvalue weighted by Gasteiger charge is -2.60. The summed E-state index contributed by atoms with van der Waals surface area (Å²) in [4.78, 5) is 13.8. The van der Waals surface area contributed by atoms with Gasteiger partial charge >= 0.3 is 5.97 Å². The number of fused-ring (bicyclic) bond motifs is 4. The first-order chi connectivity index (χ1) is 15.7. The van der Waals surface area contributed by atoms with Crippen molar-refractivity contribution in [3.05, 3.63) is 23.3 Å². The van der Waals surface area contributed by atoms with Crippen LogP contribution in [0.3, 0.4) is 0 Å². The van der Waals surface area contributed by atoms with Gasteiger partial charge in [0.05, 0.1) is 6.10 Å². The van der Waals surface area contributed by atoms with Crippen LogP contribution >= 0.6 is 0 Å². The highest BCUT2D eigenvalue weighted by atomic mass is 16.6. The summed E-state index contributed by atoms with van der Waals surface area (Å²) >= 11 is 0. The Morgan fingerprint density at radius 3 is 2.44 bits per heavy atom. The maximum absolute atomic E-state index is 13.8. The molecule has 190 valence electrons. The Morgan fingerprint density at radius 1 is 1.06 bits per heavy atom. The summed E-state index contributed by atoms with van der Waals surface area (Å²) in [5.41, 5.74) is -0.815. The lowest BCUT2D eigenvalue weighted by atomic mass is 9.43. The van der Waals surface area contributed by atoms with Gasteiger partial charge in [-0.15, -0.1) is 0 Å². The van der Waals surface area contributed by atoms with E-state index in [1.807, 2.05) is 6.92 Å². The average Bonchev–Trinajstić information content (AvgIpc) is 3.09. The SMILES string of the molecule is CC(C)CCC[C@]1(C)OC(=O)[C@]23CC=C4C(=CC[C@H]5C(C)(C)[C@@H](O)CC[C@]45C)[C@]2(C)CC[C@@]31O. The first-order valence-corrected chi connectivity index (χ1v) is 13.8. The molecule has 1 spiro atoms. The van der Waals surface area contributed by atoms with Crippen molar-refractivity contribution in [2.45, 2.75) is 124 Å². The Labute approximate surface area is 206 Å². The van der Waals surface area contributed by atoms with Gasteiger partial charge in [-0.3, -0.25) is 4.79 Å². The van der Waals surface area contributed by atoms with Gasteiger partial charge in [0.2, 0.25) is 0 Å². The van der Waals surface area contributed by atoms with E-state index in [0.717, 1.165) is 38.5 Å². The van der Waals surface area contributed by atoms with Crippen LogP contribution in [0.25, 0.3) is 0 Å². The quantitative estimate of drug-likeness (QED) is 0.487. The Kier molecular flexibility index (Phi) is 5.21. The molecular weight excluding hydrogens is 424 g/mol. The van der Waals surface area contributed by atoms with Crippen molar-refractivity contribution in [3.8, 4) is 0 Å². The maximum Gasteiger partial charge on any atom is 0.317 e. The number of aliphatic hydroxyl groups is 2. The lowest BCUT2D eigenvalue weighted by Crippen LogP contribution is -2.61. The van der Waals surface area contributed by atoms with Crippen LogP contribution in [0.5, 0.6) is 0 Å². The zero-order valence-electron chi connectivity index (χ0n) is 22.5. The molecule has 7 atom stereocenters. The number of ether oxygens (including phenoxy) is 1. The normalized spacial score (nSPS) is 48.9. The van der Waals surface area contributed by atoms with Gasteiger partial charge in [-0.2, -0.15) is 0 Å². The number of hydrogen-bond donors (Lipinski definition) is 2. The number of rotatable bonds is 4. The highest BCUT2D eigenvalue weighted by Crippen LogP contribution is 2.76. The number of hydrogen-bond acceptors (Lipinski definition) is 4. The van der Waals surface area contributed by atoms with Gasteiger partial charge in [0.25, 0.3) is 0 Å². The van der Waals surface area contributed by atoms with Crippen molar-refractivity contribution < 1.29 is 19.7 Å². The predicted octanol–water partition coefficient (Wildman–Crippen LogP) is 6.11. The summed E-state index contributed by atoms with van der Waals surface area (Å²) in [5.74, 6) is 0.774. The van der Waals surface area contributed by atoms with E-state index >= 15 is 0 Å². The number of esters is 1. The van der Waals surface area contributed by atoms with Gasteiger partial charge < -0.3 is 14.9 Å². The van der Waals surface area contributed by atoms with E-state index in [4.69, 9.17) is 4.74 Å². The van der Waals surface area contributed by atoms with Crippen LogP contribution in [0.4, 0.5) is 0 Å². The van der Waals surface area contributed by atoms with E-state index in [9.17, 15) is 15.0 Å². The summed E-state index contributed by atoms with van der Waals surface area (Å²) in [6.45, 7) is 15.5. The predicted molar refractivity (Wildman–Crippen MR) is 134 cm³/mol. The smallest absolute Gasteiger partial charge is 0.317 e. The van der Waals surface area contributed by atoms with Crippen LogP contribution in [-0.2, 0) is 9.53 Å². The topological polar surface area (TPSA) is 66.8 Å². The molecule has 0 amide bonds. The van der Waals surface area contributed by atoms with Crippen LogP contribution < -0.4 is 0 Å². The van der Waals surface area contributed by atoms with Crippen LogP contribution in [0.2, 0.25) is 0 Å². The summed E-state index contributed by atoms with van der Waals surface area (Å²) in [6.07, 6.45) is 11.8. The minimum absolute atomic E-state index is 0.0127. The maximum atomic E-state index is 13.8. The largest absolute Gasteiger partial charge is 0.456 e. The number of carbonyl (C=O) groups is 1. The van der Waals surface area contributed by atoms with Crippen LogP contribution in [-0.4, -0.2) is 33.5 Å². The molecule has 1 saturated heterocycles. The highest BCUT2D eigenvalue weighted by Gasteiger charge is 2.82. The fourth-order valence-electron chi connectivity index (χ4n) is 9.44. The molecule has 3 fully saturated rings. The molecule has 0 radical (unpaired) electrons. The van der Waals surface area contributed by atoms with Crippen LogP contribution in [0.15, 0.2) is 23.3 Å². The number of allylic oxidation sites excluding steroid dienone is 4. The summed E-state index contributed by atoms with van der Waals surface area (Å²) < 4.78 is 6.21. The Hall–Kier alpha value is -1.13. The zero-order chi connectivity index (χ0) is 24.9. The molecule has 34 heavy (non-hydrogen) atoms. The van der Waals surface area contributed by atoms with Crippen molar-refractivity contribution in [3.63, 3.8) is 0 Å². The average molecular weight is 471 g/mol. The van der Waals surface area contributed by atoms with E-state index in [1.54, 1.807) is 0 Å². The van der Waals surface area contributed by atoms with E-state index < -0.39 is 22.0 Å². The van der Waals surface area contributed by atoms with Gasteiger partial charge in [-0.1, -0.05) is 60.1 Å². The van der Waals surface area contributed by atoms with Crippen LogP contribution in [0, 0.1) is 33.5 Å². The van der Waals surface area contributed by atoms with E-state index in [0.29, 0.717) is 31.1 Å². The second kappa shape index (κ2) is 7.22. The van der Waals surface area contributed by atoms with Crippen LogP contribution in [0.1, 0.15) is 106 Å². The third-order valence-corrected chi connectivity index (χ3v) is 11.7. The molecular formula is C30H46O4. The molecule has 1 aliphatic heterocycles. The van der Waals surface area contributed by atoms with Crippen molar-refractivity contribution in [1.29, 1.82) is 0 Å². The zero-order valence-corrected chi connectivity index (χ0v) is 22.5. The summed E-state index contributed by atoms with van der Waals surface area (Å²) in [6, 6.07) is 0. The summed E-state index contributed by atoms with van der Waals surface area (Å²) in [7, 11) is 0. The molecule has 0 aromatic heterocycles. The van der Waals surface area contributed by atoms with Crippen molar-refractivity contribution >= 4 is 5.97 Å². The number of aliphatic hydroxyl groups excluding tert-OH is 1. The molecule has 0 aromatic rings. The fourth-order valence-corrected chi connectivity index (χ4v) is 9.44. The monoisotopic (exact) mass is 470 g/mol. The minimum Gasteiger partial charge on any atom is -0.456 e. The van der Waals surface area contributed by atoms with Gasteiger partial charge in [-0.05, 0) is 92.1 Å². The Bertz CT molecular complexity index is 961. The van der Waals surface area contributed by atoms with Crippen molar-refractivity contribution in [1.82, 2.24) is 0 Å². The molecule has 2 N–H and O–H groups in total. The molecule has 1 heterocycles. The summed E-state index contributed by atoms with van der Waals surface area (Å²) in [5, 5.41) is 23.2. The first-order valence-electron chi connectivity index (χ1n) is 13.8. The second-order valence-electron chi connectivity index (χ2n) is 14.0. The molecule has 2 saturated carbocycles. The van der Waals surface area contributed by atoms with E-state index in [-0.39, 0.29) is 22.9 Å². The van der Waals surface area contributed by atoms with Gasteiger partial charge in [0.15, 0.2) is 0 Å². The standard InChI is InChI=1S/C30H46O4/c1-19(2)9-8-14-28(7)30(33)18-17-27(6)21-10-11-22-25(3,4)23(31)13-15-26(22,5)20(21)12-16-29(27,30)24(32)34-28/h10,12,19,22-23,31,33H,8-9,11,13-18H2,1-7H3/t22-,23-,26+,27-,28-,29+,30-/m0/s1. The molecule has 5 aliphatic rings. The number of cyclic esters (lactones) is 1. The van der Waals surface area contributed by atoms with E-state index in [2.05, 4.69) is 53.7 Å². The van der Waals surface area contributed by atoms with Gasteiger partial charge in [-0.25, -0.2) is 0 Å². The molecule has 0 unspecified atom stereocenters. The molecule has 4 heteroatoms. The van der Waals surface area contributed by atoms with E-state index in [1.165, 1.54) is 11.1 Å².